The van der Waals surface area contributed by atoms with Crippen LogP contribution in [0.1, 0.15) is 5.69 Å². The Morgan fingerprint density at radius 2 is 2.38 bits per heavy atom. The number of aliphatic imine (C=N–C) groups is 1. The van der Waals surface area contributed by atoms with Crippen molar-refractivity contribution in [2.24, 2.45) is 17.9 Å². The zero-order valence-electron chi connectivity index (χ0n) is 7.24. The SMILES string of the molecule is Cn1ncc(Cl)c1C1=NCCN1N. The van der Waals surface area contributed by atoms with E-state index in [1.165, 1.54) is 0 Å². The van der Waals surface area contributed by atoms with Crippen LogP contribution in [-0.2, 0) is 7.05 Å². The van der Waals surface area contributed by atoms with Crippen LogP contribution in [0.3, 0.4) is 0 Å². The number of halogens is 1. The number of aryl methyl sites for hydroxylation is 1. The highest BCUT2D eigenvalue weighted by Gasteiger charge is 2.21. The van der Waals surface area contributed by atoms with E-state index in [9.17, 15) is 0 Å². The van der Waals surface area contributed by atoms with Crippen molar-refractivity contribution in [2.75, 3.05) is 13.1 Å². The van der Waals surface area contributed by atoms with Gasteiger partial charge in [-0.1, -0.05) is 11.6 Å². The number of nitrogens with zero attached hydrogens (tertiary/aromatic N) is 4. The van der Waals surface area contributed by atoms with Gasteiger partial charge in [-0.05, 0) is 0 Å². The highest BCUT2D eigenvalue weighted by molar-refractivity contribution is 6.33. The molecule has 0 radical (unpaired) electrons. The Morgan fingerprint density at radius 1 is 1.62 bits per heavy atom. The Balaban J connectivity index is 2.45. The fourth-order valence-corrected chi connectivity index (χ4v) is 1.58. The van der Waals surface area contributed by atoms with Gasteiger partial charge in [0.15, 0.2) is 5.84 Å². The van der Waals surface area contributed by atoms with E-state index in [0.29, 0.717) is 17.4 Å². The second kappa shape index (κ2) is 3.01. The van der Waals surface area contributed by atoms with E-state index in [-0.39, 0.29) is 0 Å². The Hall–Kier alpha value is -1.07. The topological polar surface area (TPSA) is 59.4 Å². The van der Waals surface area contributed by atoms with Crippen molar-refractivity contribution in [2.45, 2.75) is 0 Å². The Morgan fingerprint density at radius 3 is 2.85 bits per heavy atom. The van der Waals surface area contributed by atoms with Gasteiger partial charge in [0, 0.05) is 7.05 Å². The maximum Gasteiger partial charge on any atom is 0.165 e. The van der Waals surface area contributed by atoms with Gasteiger partial charge in [0.2, 0.25) is 0 Å². The molecule has 0 aromatic carbocycles. The van der Waals surface area contributed by atoms with E-state index < -0.39 is 0 Å². The van der Waals surface area contributed by atoms with Crippen LogP contribution >= 0.6 is 11.6 Å². The first-order chi connectivity index (χ1) is 6.20. The third-order valence-corrected chi connectivity index (χ3v) is 2.26. The lowest BCUT2D eigenvalue weighted by atomic mass is 10.4. The lowest BCUT2D eigenvalue weighted by Gasteiger charge is -2.13. The van der Waals surface area contributed by atoms with Gasteiger partial charge in [0.05, 0.1) is 24.3 Å². The number of amidine groups is 1. The molecule has 2 heterocycles. The summed E-state index contributed by atoms with van der Waals surface area (Å²) in [4.78, 5) is 4.25. The van der Waals surface area contributed by atoms with Gasteiger partial charge in [0.1, 0.15) is 5.69 Å². The molecule has 0 unspecified atom stereocenters. The summed E-state index contributed by atoms with van der Waals surface area (Å²) in [6.07, 6.45) is 1.59. The third-order valence-electron chi connectivity index (χ3n) is 1.98. The second-order valence-corrected chi connectivity index (χ2v) is 3.27. The summed E-state index contributed by atoms with van der Waals surface area (Å²) in [5, 5.41) is 6.19. The Labute approximate surface area is 80.8 Å². The summed E-state index contributed by atoms with van der Waals surface area (Å²) in [5.74, 6) is 6.42. The molecule has 0 aliphatic carbocycles. The molecule has 1 aliphatic heterocycles. The van der Waals surface area contributed by atoms with E-state index in [0.717, 1.165) is 12.2 Å². The molecule has 1 aromatic rings. The molecule has 2 N–H and O–H groups in total. The molecule has 0 amide bonds. The van der Waals surface area contributed by atoms with Gasteiger partial charge in [-0.25, -0.2) is 5.84 Å². The summed E-state index contributed by atoms with van der Waals surface area (Å²) in [7, 11) is 1.82. The number of nitrogens with two attached hydrogens (primary N) is 1. The van der Waals surface area contributed by atoms with E-state index in [2.05, 4.69) is 10.1 Å². The summed E-state index contributed by atoms with van der Waals surface area (Å²) in [6, 6.07) is 0. The zero-order chi connectivity index (χ0) is 9.42. The number of hydrogen-bond donors (Lipinski definition) is 1. The maximum absolute atomic E-state index is 5.94. The number of rotatable bonds is 1. The van der Waals surface area contributed by atoms with Crippen molar-refractivity contribution in [3.05, 3.63) is 16.9 Å². The van der Waals surface area contributed by atoms with Gasteiger partial charge < -0.3 is 0 Å². The minimum Gasteiger partial charge on any atom is -0.291 e. The quantitative estimate of drug-likeness (QED) is 0.649. The monoisotopic (exact) mass is 199 g/mol. The predicted octanol–water partition coefficient (Wildman–Crippen LogP) is 0.00940. The van der Waals surface area contributed by atoms with Crippen LogP contribution in [0, 0.1) is 0 Å². The predicted molar refractivity (Wildman–Crippen MR) is 50.5 cm³/mol. The molecule has 0 saturated carbocycles. The molecule has 1 aliphatic rings. The van der Waals surface area contributed by atoms with Crippen LogP contribution in [0.15, 0.2) is 11.2 Å². The van der Waals surface area contributed by atoms with Crippen molar-refractivity contribution in [3.63, 3.8) is 0 Å². The van der Waals surface area contributed by atoms with Crippen LogP contribution in [0.25, 0.3) is 0 Å². The Bertz CT molecular complexity index is 336. The molecule has 6 heteroatoms. The molecular formula is C7H10ClN5. The normalized spacial score (nSPS) is 16.5. The fourth-order valence-electron chi connectivity index (χ4n) is 1.33. The minimum absolute atomic E-state index is 0.582. The van der Waals surface area contributed by atoms with Crippen LogP contribution in [0.2, 0.25) is 5.02 Å². The van der Waals surface area contributed by atoms with E-state index in [1.807, 2.05) is 7.05 Å². The largest absolute Gasteiger partial charge is 0.291 e. The third kappa shape index (κ3) is 1.30. The first kappa shape index (κ1) is 8.52. The average molecular weight is 200 g/mol. The summed E-state index contributed by atoms with van der Waals surface area (Å²) >= 11 is 5.94. The summed E-state index contributed by atoms with van der Waals surface area (Å²) in [5.41, 5.74) is 0.779. The first-order valence-electron chi connectivity index (χ1n) is 3.94. The van der Waals surface area contributed by atoms with E-state index >= 15 is 0 Å². The number of aromatic nitrogens is 2. The van der Waals surface area contributed by atoms with Crippen LogP contribution in [-0.4, -0.2) is 33.7 Å². The second-order valence-electron chi connectivity index (χ2n) is 2.86. The molecular weight excluding hydrogens is 190 g/mol. The molecule has 2 rings (SSSR count). The summed E-state index contributed by atoms with van der Waals surface area (Å²) in [6.45, 7) is 1.45. The molecule has 1 aromatic heterocycles. The van der Waals surface area contributed by atoms with Gasteiger partial charge in [-0.15, -0.1) is 0 Å². The van der Waals surface area contributed by atoms with Crippen LogP contribution in [0.4, 0.5) is 0 Å². The average Bonchev–Trinajstić information content (AvgIpc) is 2.60. The van der Waals surface area contributed by atoms with Crippen LogP contribution in [0.5, 0.6) is 0 Å². The van der Waals surface area contributed by atoms with Gasteiger partial charge in [-0.3, -0.25) is 14.7 Å². The lowest BCUT2D eigenvalue weighted by Crippen LogP contribution is -2.36. The molecule has 0 fully saturated rings. The first-order valence-corrected chi connectivity index (χ1v) is 4.32. The number of hydrazine groups is 1. The maximum atomic E-state index is 5.94. The number of hydrogen-bond acceptors (Lipinski definition) is 4. The molecule has 0 saturated heterocycles. The summed E-state index contributed by atoms with van der Waals surface area (Å²) < 4.78 is 1.67. The van der Waals surface area contributed by atoms with Crippen molar-refractivity contribution in [3.8, 4) is 0 Å². The standard InChI is InChI=1S/C7H10ClN5/c1-12-6(5(8)4-11-12)7-10-2-3-13(7)9/h4H,2-3,9H2,1H3. The van der Waals surface area contributed by atoms with Crippen molar-refractivity contribution in [1.29, 1.82) is 0 Å². The Kier molecular flexibility index (Phi) is 1.97. The van der Waals surface area contributed by atoms with E-state index in [4.69, 9.17) is 17.4 Å². The molecule has 0 bridgehead atoms. The lowest BCUT2D eigenvalue weighted by molar-refractivity contribution is 0.481. The van der Waals surface area contributed by atoms with Crippen molar-refractivity contribution < 1.29 is 0 Å². The van der Waals surface area contributed by atoms with E-state index in [1.54, 1.807) is 15.9 Å². The highest BCUT2D eigenvalue weighted by Crippen LogP contribution is 2.17. The van der Waals surface area contributed by atoms with Crippen molar-refractivity contribution >= 4 is 17.4 Å². The fraction of sp³-hybridized carbons (Fsp3) is 0.429. The van der Waals surface area contributed by atoms with Crippen LogP contribution < -0.4 is 5.84 Å². The molecule has 0 atom stereocenters. The van der Waals surface area contributed by atoms with Gasteiger partial charge >= 0.3 is 0 Å². The molecule has 13 heavy (non-hydrogen) atoms. The van der Waals surface area contributed by atoms with Gasteiger partial charge in [-0.2, -0.15) is 5.10 Å². The van der Waals surface area contributed by atoms with Crippen molar-refractivity contribution in [1.82, 2.24) is 14.8 Å². The molecule has 5 nitrogen and oxygen atoms in total. The van der Waals surface area contributed by atoms with Gasteiger partial charge in [0.25, 0.3) is 0 Å². The molecule has 0 spiro atoms. The highest BCUT2D eigenvalue weighted by atomic mass is 35.5. The zero-order valence-corrected chi connectivity index (χ0v) is 7.99. The minimum atomic E-state index is 0.582. The smallest absolute Gasteiger partial charge is 0.165 e. The molecule has 70 valence electrons.